The molecule has 1 aliphatic heterocycles. The normalized spacial score (nSPS) is 15.5. The minimum Gasteiger partial charge on any atom is -0.330 e. The first kappa shape index (κ1) is 14.0. The van der Waals surface area contributed by atoms with Crippen LogP contribution in [0, 0.1) is 5.92 Å². The maximum atomic E-state index is 11.3. The number of rotatable bonds is 6. The first-order chi connectivity index (χ1) is 9.12. The Morgan fingerprint density at radius 1 is 1.47 bits per heavy atom. The lowest BCUT2D eigenvalue weighted by atomic mass is 10.1. The van der Waals surface area contributed by atoms with Crippen LogP contribution < -0.4 is 11.1 Å². The number of benzene rings is 1. The second-order valence-electron chi connectivity index (χ2n) is 5.42. The lowest BCUT2D eigenvalue weighted by Gasteiger charge is -2.22. The Morgan fingerprint density at radius 2 is 2.26 bits per heavy atom. The van der Waals surface area contributed by atoms with Crippen molar-refractivity contribution >= 4 is 11.6 Å². The van der Waals surface area contributed by atoms with Crippen LogP contribution >= 0.6 is 0 Å². The quantitative estimate of drug-likeness (QED) is 0.817. The van der Waals surface area contributed by atoms with Crippen LogP contribution in [0.2, 0.25) is 0 Å². The molecule has 1 unspecified atom stereocenters. The molecule has 19 heavy (non-hydrogen) atoms. The van der Waals surface area contributed by atoms with Crippen LogP contribution in [0.5, 0.6) is 0 Å². The van der Waals surface area contributed by atoms with Crippen molar-refractivity contribution in [2.24, 2.45) is 11.7 Å². The van der Waals surface area contributed by atoms with E-state index in [0.717, 1.165) is 37.3 Å². The predicted octanol–water partition coefficient (Wildman–Crippen LogP) is 1.60. The molecule has 1 atom stereocenters. The van der Waals surface area contributed by atoms with Crippen molar-refractivity contribution in [2.45, 2.75) is 26.3 Å². The third-order valence-corrected chi connectivity index (χ3v) is 3.73. The van der Waals surface area contributed by atoms with Crippen molar-refractivity contribution in [3.63, 3.8) is 0 Å². The highest BCUT2D eigenvalue weighted by atomic mass is 16.1. The maximum Gasteiger partial charge on any atom is 0.228 e. The SMILES string of the molecule is CCC(CN)CN(C)Cc1ccc2c(c1)CC(=O)N2. The van der Waals surface area contributed by atoms with Gasteiger partial charge in [0.05, 0.1) is 6.42 Å². The van der Waals surface area contributed by atoms with Gasteiger partial charge in [0.2, 0.25) is 5.91 Å². The fourth-order valence-corrected chi connectivity index (χ4v) is 2.57. The lowest BCUT2D eigenvalue weighted by Crippen LogP contribution is -2.29. The molecule has 3 N–H and O–H groups in total. The topological polar surface area (TPSA) is 58.4 Å². The van der Waals surface area contributed by atoms with Gasteiger partial charge in [-0.3, -0.25) is 4.79 Å². The van der Waals surface area contributed by atoms with Crippen LogP contribution in [0.4, 0.5) is 5.69 Å². The first-order valence-corrected chi connectivity index (χ1v) is 6.92. The van der Waals surface area contributed by atoms with Crippen molar-refractivity contribution in [3.05, 3.63) is 29.3 Å². The average molecular weight is 261 g/mol. The van der Waals surface area contributed by atoms with Crippen molar-refractivity contribution in [1.29, 1.82) is 0 Å². The summed E-state index contributed by atoms with van der Waals surface area (Å²) in [5, 5.41) is 2.86. The number of nitrogens with zero attached hydrogens (tertiary/aromatic N) is 1. The molecule has 0 bridgehead atoms. The molecular weight excluding hydrogens is 238 g/mol. The molecule has 0 fully saturated rings. The second kappa shape index (κ2) is 6.17. The molecule has 0 saturated carbocycles. The van der Waals surface area contributed by atoms with E-state index in [1.54, 1.807) is 0 Å². The molecule has 0 spiro atoms. The summed E-state index contributed by atoms with van der Waals surface area (Å²) in [6.45, 7) is 4.83. The molecule has 2 rings (SSSR count). The number of nitrogens with two attached hydrogens (primary N) is 1. The molecule has 1 aliphatic rings. The Morgan fingerprint density at radius 3 is 2.95 bits per heavy atom. The molecule has 0 saturated heterocycles. The Hall–Kier alpha value is -1.39. The maximum absolute atomic E-state index is 11.3. The zero-order chi connectivity index (χ0) is 13.8. The molecule has 0 radical (unpaired) electrons. The Kier molecular flexibility index (Phi) is 4.56. The van der Waals surface area contributed by atoms with E-state index in [4.69, 9.17) is 5.73 Å². The number of nitrogens with one attached hydrogen (secondary N) is 1. The number of carbonyl (C=O) groups is 1. The summed E-state index contributed by atoms with van der Waals surface area (Å²) >= 11 is 0. The highest BCUT2D eigenvalue weighted by molar-refractivity contribution is 5.99. The van der Waals surface area contributed by atoms with Gasteiger partial charge in [-0.15, -0.1) is 0 Å². The van der Waals surface area contributed by atoms with Crippen LogP contribution in [-0.2, 0) is 17.8 Å². The van der Waals surface area contributed by atoms with E-state index < -0.39 is 0 Å². The number of anilines is 1. The Labute approximate surface area is 115 Å². The number of carbonyl (C=O) groups excluding carboxylic acids is 1. The van der Waals surface area contributed by atoms with Crippen LogP contribution in [0.15, 0.2) is 18.2 Å². The van der Waals surface area contributed by atoms with Crippen LogP contribution in [0.3, 0.4) is 0 Å². The molecule has 0 aromatic heterocycles. The summed E-state index contributed by atoms with van der Waals surface area (Å²) in [6, 6.07) is 6.22. The zero-order valence-electron chi connectivity index (χ0n) is 11.8. The number of hydrogen-bond donors (Lipinski definition) is 2. The van der Waals surface area contributed by atoms with Gasteiger partial charge in [-0.1, -0.05) is 25.5 Å². The van der Waals surface area contributed by atoms with Crippen molar-refractivity contribution in [1.82, 2.24) is 4.90 Å². The van der Waals surface area contributed by atoms with E-state index in [1.807, 2.05) is 6.07 Å². The summed E-state index contributed by atoms with van der Waals surface area (Å²) in [5.74, 6) is 0.650. The first-order valence-electron chi connectivity index (χ1n) is 6.92. The van der Waals surface area contributed by atoms with Crippen LogP contribution in [0.1, 0.15) is 24.5 Å². The highest BCUT2D eigenvalue weighted by Crippen LogP contribution is 2.24. The van der Waals surface area contributed by atoms with Crippen molar-refractivity contribution in [3.8, 4) is 0 Å². The molecule has 4 nitrogen and oxygen atoms in total. The molecule has 1 heterocycles. The van der Waals surface area contributed by atoms with E-state index in [1.165, 1.54) is 5.56 Å². The monoisotopic (exact) mass is 261 g/mol. The summed E-state index contributed by atoms with van der Waals surface area (Å²) < 4.78 is 0. The van der Waals surface area contributed by atoms with E-state index in [2.05, 4.69) is 36.3 Å². The number of fused-ring (bicyclic) bond motifs is 1. The Balaban J connectivity index is 1.96. The number of amides is 1. The van der Waals surface area contributed by atoms with E-state index >= 15 is 0 Å². The van der Waals surface area contributed by atoms with Crippen LogP contribution in [-0.4, -0.2) is 30.9 Å². The largest absolute Gasteiger partial charge is 0.330 e. The minimum atomic E-state index is 0.0923. The summed E-state index contributed by atoms with van der Waals surface area (Å²) in [6.07, 6.45) is 1.62. The molecule has 4 heteroatoms. The summed E-state index contributed by atoms with van der Waals surface area (Å²) in [7, 11) is 2.12. The molecule has 1 amide bonds. The fourth-order valence-electron chi connectivity index (χ4n) is 2.57. The van der Waals surface area contributed by atoms with Gasteiger partial charge in [0, 0.05) is 18.8 Å². The average Bonchev–Trinajstić information content (AvgIpc) is 2.75. The fraction of sp³-hybridized carbons (Fsp3) is 0.533. The molecule has 0 aliphatic carbocycles. The van der Waals surface area contributed by atoms with Gasteiger partial charge in [0.15, 0.2) is 0 Å². The molecule has 1 aromatic rings. The van der Waals surface area contributed by atoms with Crippen molar-refractivity contribution < 1.29 is 4.79 Å². The second-order valence-corrected chi connectivity index (χ2v) is 5.42. The lowest BCUT2D eigenvalue weighted by molar-refractivity contribution is -0.115. The smallest absolute Gasteiger partial charge is 0.228 e. The predicted molar refractivity (Wildman–Crippen MR) is 77.9 cm³/mol. The van der Waals surface area contributed by atoms with E-state index in [0.29, 0.717) is 12.3 Å². The summed E-state index contributed by atoms with van der Waals surface area (Å²) in [5.41, 5.74) is 9.07. The zero-order valence-corrected chi connectivity index (χ0v) is 11.8. The van der Waals surface area contributed by atoms with Gasteiger partial charge in [0.1, 0.15) is 0 Å². The third kappa shape index (κ3) is 3.55. The number of hydrogen-bond acceptors (Lipinski definition) is 3. The molecular formula is C15H23N3O. The van der Waals surface area contributed by atoms with Crippen LogP contribution in [0.25, 0.3) is 0 Å². The highest BCUT2D eigenvalue weighted by Gasteiger charge is 2.17. The summed E-state index contributed by atoms with van der Waals surface area (Å²) in [4.78, 5) is 13.6. The van der Waals surface area contributed by atoms with E-state index in [-0.39, 0.29) is 5.91 Å². The van der Waals surface area contributed by atoms with Gasteiger partial charge >= 0.3 is 0 Å². The van der Waals surface area contributed by atoms with Crippen molar-refractivity contribution in [2.75, 3.05) is 25.5 Å². The van der Waals surface area contributed by atoms with Gasteiger partial charge in [0.25, 0.3) is 0 Å². The molecule has 1 aromatic carbocycles. The van der Waals surface area contributed by atoms with Gasteiger partial charge < -0.3 is 16.0 Å². The molecule has 104 valence electrons. The Bertz CT molecular complexity index is 455. The third-order valence-electron chi connectivity index (χ3n) is 3.73. The van der Waals surface area contributed by atoms with Gasteiger partial charge in [-0.05, 0) is 36.7 Å². The van der Waals surface area contributed by atoms with E-state index in [9.17, 15) is 4.79 Å². The van der Waals surface area contributed by atoms with Gasteiger partial charge in [-0.2, -0.15) is 0 Å². The van der Waals surface area contributed by atoms with Gasteiger partial charge in [-0.25, -0.2) is 0 Å². The minimum absolute atomic E-state index is 0.0923. The standard InChI is InChI=1S/C15H23N3O/c1-3-11(8-16)9-18(2)10-12-4-5-14-13(6-12)7-15(19)17-14/h4-6,11H,3,7-10,16H2,1-2H3,(H,17,19).